The molecule has 1 aliphatic rings. The third-order valence-electron chi connectivity index (χ3n) is 6.43. The minimum absolute atomic E-state index is 1.38. The zero-order valence-corrected chi connectivity index (χ0v) is 17.6. The van der Waals surface area contributed by atoms with Gasteiger partial charge in [0.1, 0.15) is 0 Å². The molecular weight excluding hydrogens is 367 g/mol. The lowest BCUT2D eigenvalue weighted by molar-refractivity contribution is 1.65. The number of hydrogen-bond donors (Lipinski definition) is 0. The predicted octanol–water partition coefficient (Wildman–Crippen LogP) is 6.86. The SMILES string of the molecule is CP(C)(=C1c2ccccc2-c2ccccc21)c1c2ccccc2c2cccc[c-]12. The fraction of sp³-hybridized carbons (Fsp3) is 0.0714. The molecule has 0 fully saturated rings. The molecule has 0 amide bonds. The highest BCUT2D eigenvalue weighted by Gasteiger charge is 2.28. The second-order valence-corrected chi connectivity index (χ2v) is 12.1. The molecule has 0 aliphatic heterocycles. The van der Waals surface area contributed by atoms with Crippen LogP contribution in [-0.4, -0.2) is 18.6 Å². The third kappa shape index (κ3) is 2.24. The summed E-state index contributed by atoms with van der Waals surface area (Å²) in [6, 6.07) is 35.8. The molecule has 0 radical (unpaired) electrons. The second kappa shape index (κ2) is 6.02. The summed E-state index contributed by atoms with van der Waals surface area (Å²) in [7, 11) is 0. The van der Waals surface area contributed by atoms with Crippen LogP contribution in [0.15, 0.2) is 97.1 Å². The molecule has 5 aromatic rings. The summed E-state index contributed by atoms with van der Waals surface area (Å²) in [6.07, 6.45) is 0. The Morgan fingerprint density at radius 1 is 0.552 bits per heavy atom. The molecule has 1 heteroatoms. The maximum Gasteiger partial charge on any atom is -0.00953 e. The summed E-state index contributed by atoms with van der Waals surface area (Å²) < 4.78 is 0. The predicted molar refractivity (Wildman–Crippen MR) is 131 cm³/mol. The first kappa shape index (κ1) is 17.0. The average Bonchev–Trinajstić information content (AvgIpc) is 3.28. The van der Waals surface area contributed by atoms with Crippen LogP contribution >= 0.6 is 6.89 Å². The molecular formula is C28H22P-. The van der Waals surface area contributed by atoms with Crippen LogP contribution in [-0.2, 0) is 0 Å². The van der Waals surface area contributed by atoms with Crippen molar-refractivity contribution in [2.75, 3.05) is 13.3 Å². The van der Waals surface area contributed by atoms with Crippen molar-refractivity contribution >= 4 is 39.0 Å². The van der Waals surface area contributed by atoms with Crippen molar-refractivity contribution < 1.29 is 0 Å². The smallest absolute Gasteiger partial charge is 0.00953 e. The van der Waals surface area contributed by atoms with E-state index in [1.807, 2.05) is 0 Å². The quantitative estimate of drug-likeness (QED) is 0.213. The Hall–Kier alpha value is -2.95. The summed E-state index contributed by atoms with van der Waals surface area (Å²) in [5, 5.41) is 8.69. The molecule has 0 unspecified atom stereocenters. The Bertz CT molecular complexity index is 1370. The van der Waals surface area contributed by atoms with E-state index in [1.165, 1.54) is 43.8 Å². The van der Waals surface area contributed by atoms with Crippen LogP contribution in [0.4, 0.5) is 0 Å². The van der Waals surface area contributed by atoms with Crippen molar-refractivity contribution in [1.29, 1.82) is 0 Å². The van der Waals surface area contributed by atoms with Crippen molar-refractivity contribution in [2.24, 2.45) is 0 Å². The van der Waals surface area contributed by atoms with E-state index in [0.717, 1.165) is 0 Å². The summed E-state index contributed by atoms with van der Waals surface area (Å²) in [6.45, 7) is 3.38. The van der Waals surface area contributed by atoms with Gasteiger partial charge in [0.2, 0.25) is 0 Å². The average molecular weight is 389 g/mol. The molecule has 1 aliphatic carbocycles. The Balaban J connectivity index is 1.84. The highest BCUT2D eigenvalue weighted by Crippen LogP contribution is 2.53. The minimum atomic E-state index is -1.63. The molecule has 0 saturated heterocycles. The molecule has 0 N–H and O–H groups in total. The topological polar surface area (TPSA) is 0 Å². The molecule has 29 heavy (non-hydrogen) atoms. The van der Waals surface area contributed by atoms with Crippen LogP contribution in [0.3, 0.4) is 0 Å². The Morgan fingerprint density at radius 2 is 1.07 bits per heavy atom. The highest BCUT2D eigenvalue weighted by atomic mass is 31.2. The minimum Gasteiger partial charge on any atom is -0.129 e. The third-order valence-corrected chi connectivity index (χ3v) is 9.63. The van der Waals surface area contributed by atoms with Crippen LogP contribution in [0.5, 0.6) is 0 Å². The van der Waals surface area contributed by atoms with E-state index in [4.69, 9.17) is 0 Å². The lowest BCUT2D eigenvalue weighted by atomic mass is 10.1. The highest BCUT2D eigenvalue weighted by molar-refractivity contribution is 7.83. The fourth-order valence-corrected chi connectivity index (χ4v) is 8.72. The van der Waals surface area contributed by atoms with Crippen molar-refractivity contribution in [3.05, 3.63) is 108 Å². The zero-order chi connectivity index (χ0) is 19.6. The number of fused-ring (bicyclic) bond motifs is 6. The van der Waals surface area contributed by atoms with Gasteiger partial charge in [0.25, 0.3) is 0 Å². The normalized spacial score (nSPS) is 13.1. The molecule has 0 heterocycles. The van der Waals surface area contributed by atoms with Gasteiger partial charge >= 0.3 is 0 Å². The Labute approximate surface area is 171 Å². The number of rotatable bonds is 1. The maximum absolute atomic E-state index is 2.51. The van der Waals surface area contributed by atoms with Gasteiger partial charge in [-0.2, -0.15) is 0 Å². The van der Waals surface area contributed by atoms with E-state index in [9.17, 15) is 0 Å². The van der Waals surface area contributed by atoms with Gasteiger partial charge in [-0.15, -0.1) is 40.4 Å². The second-order valence-electron chi connectivity index (χ2n) is 8.33. The van der Waals surface area contributed by atoms with Gasteiger partial charge in [0, 0.05) is 0 Å². The summed E-state index contributed by atoms with van der Waals surface area (Å²) in [4.78, 5) is 0. The first-order valence-electron chi connectivity index (χ1n) is 10.2. The largest absolute Gasteiger partial charge is 0.129 e. The van der Waals surface area contributed by atoms with Gasteiger partial charge in [0.05, 0.1) is 0 Å². The fourth-order valence-electron chi connectivity index (χ4n) is 5.30. The summed E-state index contributed by atoms with van der Waals surface area (Å²) in [5.74, 6) is 0. The number of hydrogen-bond acceptors (Lipinski definition) is 0. The first-order valence-corrected chi connectivity index (χ1v) is 12.8. The zero-order valence-electron chi connectivity index (χ0n) is 16.7. The van der Waals surface area contributed by atoms with Crippen molar-refractivity contribution in [1.82, 2.24) is 0 Å². The monoisotopic (exact) mass is 389 g/mol. The van der Waals surface area contributed by atoms with Gasteiger partial charge in [-0.3, -0.25) is 0 Å². The van der Waals surface area contributed by atoms with Crippen LogP contribution in [0.1, 0.15) is 11.1 Å². The lowest BCUT2D eigenvalue weighted by Crippen LogP contribution is -2.12. The standard InChI is InChI=1S/C28H22P/c1-29(2,27-23-15-7-3-11-19(23)20-12-4-8-16-24(20)27)28-25-17-9-5-13-21(25)22-14-6-10-18-26(22)28/h3-18H,1-2H3/q-1. The van der Waals surface area contributed by atoms with Gasteiger partial charge in [-0.25, -0.2) is 0 Å². The van der Waals surface area contributed by atoms with Crippen LogP contribution < -0.4 is 5.30 Å². The van der Waals surface area contributed by atoms with E-state index in [2.05, 4.69) is 110 Å². The van der Waals surface area contributed by atoms with E-state index < -0.39 is 6.89 Å². The number of benzene rings is 4. The van der Waals surface area contributed by atoms with Crippen LogP contribution in [0, 0.1) is 0 Å². The van der Waals surface area contributed by atoms with E-state index in [-0.39, 0.29) is 0 Å². The summed E-state index contributed by atoms with van der Waals surface area (Å²) in [5.41, 5.74) is 5.60. The van der Waals surface area contributed by atoms with Gasteiger partial charge in [-0.1, -0.05) is 90.4 Å². The molecule has 0 saturated carbocycles. The molecule has 140 valence electrons. The lowest BCUT2D eigenvalue weighted by Gasteiger charge is -2.25. The van der Waals surface area contributed by atoms with Crippen LogP contribution in [0.2, 0.25) is 0 Å². The molecule has 0 nitrogen and oxygen atoms in total. The first-order chi connectivity index (χ1) is 14.2. The van der Waals surface area contributed by atoms with E-state index in [0.29, 0.717) is 0 Å². The van der Waals surface area contributed by atoms with Gasteiger partial charge in [-0.05, 0) is 40.9 Å². The summed E-state index contributed by atoms with van der Waals surface area (Å²) >= 11 is 0. The maximum atomic E-state index is 2.51. The molecule has 0 bridgehead atoms. The van der Waals surface area contributed by atoms with E-state index in [1.54, 1.807) is 10.6 Å². The molecule has 0 atom stereocenters. The molecule has 6 rings (SSSR count). The van der Waals surface area contributed by atoms with Crippen LogP contribution in [0.25, 0.3) is 32.7 Å². The molecule has 0 spiro atoms. The molecule has 0 aromatic heterocycles. The molecule has 5 aromatic carbocycles. The van der Waals surface area contributed by atoms with Crippen molar-refractivity contribution in [3.8, 4) is 11.1 Å². The van der Waals surface area contributed by atoms with Gasteiger partial charge in [0.15, 0.2) is 0 Å². The Kier molecular flexibility index (Phi) is 3.52. The van der Waals surface area contributed by atoms with E-state index >= 15 is 0 Å². The van der Waals surface area contributed by atoms with Crippen molar-refractivity contribution in [3.63, 3.8) is 0 Å². The Morgan fingerprint density at radius 3 is 1.72 bits per heavy atom. The van der Waals surface area contributed by atoms with Gasteiger partial charge < -0.3 is 0 Å². The van der Waals surface area contributed by atoms with Crippen molar-refractivity contribution in [2.45, 2.75) is 0 Å².